The second kappa shape index (κ2) is 27.4. The van der Waals surface area contributed by atoms with Crippen LogP contribution in [0, 0.1) is 5.92 Å². The molecule has 306 valence electrons. The highest BCUT2D eigenvalue weighted by Gasteiger charge is 2.16. The zero-order valence-corrected chi connectivity index (χ0v) is 37.5. The van der Waals surface area contributed by atoms with Gasteiger partial charge in [0.25, 0.3) is 0 Å². The van der Waals surface area contributed by atoms with Crippen molar-refractivity contribution >= 4 is 22.3 Å². The molecule has 0 amide bonds. The van der Waals surface area contributed by atoms with E-state index < -0.39 is 0 Å². The number of rotatable bonds is 13. The van der Waals surface area contributed by atoms with Gasteiger partial charge in [-0.2, -0.15) is 0 Å². The molecule has 0 spiro atoms. The van der Waals surface area contributed by atoms with E-state index in [1.54, 1.807) is 5.57 Å². The van der Waals surface area contributed by atoms with Crippen LogP contribution < -0.4 is 11.3 Å². The molecule has 2 heteroatoms. The van der Waals surface area contributed by atoms with Crippen molar-refractivity contribution in [3.8, 4) is 0 Å². The molecule has 58 heavy (non-hydrogen) atoms. The van der Waals surface area contributed by atoms with Crippen molar-refractivity contribution in [2.24, 2.45) is 11.8 Å². The van der Waals surface area contributed by atoms with Crippen LogP contribution >= 0.6 is 0 Å². The topological polar surface area (TPSA) is 38.0 Å². The summed E-state index contributed by atoms with van der Waals surface area (Å²) in [7, 11) is 0. The van der Waals surface area contributed by atoms with Gasteiger partial charge in [-0.05, 0) is 120 Å². The molecule has 0 saturated heterocycles. The monoisotopic (exact) mass is 773 g/mol. The normalized spacial score (nSPS) is 14.0. The van der Waals surface area contributed by atoms with Crippen LogP contribution in [0.3, 0.4) is 0 Å². The van der Waals surface area contributed by atoms with Crippen molar-refractivity contribution in [3.63, 3.8) is 0 Å². The van der Waals surface area contributed by atoms with Crippen LogP contribution in [0.25, 0.3) is 22.3 Å². The highest BCUT2D eigenvalue weighted by Crippen LogP contribution is 2.34. The van der Waals surface area contributed by atoms with Crippen LogP contribution in [0.15, 0.2) is 182 Å². The first-order valence-electron chi connectivity index (χ1n) is 21.4. The number of benzene rings is 4. The van der Waals surface area contributed by atoms with Crippen LogP contribution in [-0.4, -0.2) is 0 Å². The van der Waals surface area contributed by atoms with E-state index in [0.29, 0.717) is 11.8 Å². The van der Waals surface area contributed by atoms with Gasteiger partial charge in [-0.3, -0.25) is 11.3 Å². The standard InChI is InChI=1S/C38H44N2.C14H16.2C2H6/c1-8-29(24-30(9-2)33-19-15-21-35(26-33)38(40-39)28(6)7)32-18-14-20-34(25-32)36(10-3)37(23-22-27(4)5)31-16-12-11-13-17-31;1-12(13-8-4-2-5-9-13)14-10-6-3-7-11-14;2*1-2/h8-26,28,38,40H,2,39H2,1,3-7H3;2-6,8-10,12H,7,11H2,1H3;2*1-2H3/b29-8+,30-24+,36-10-,37-23-;;;. The Bertz CT molecular complexity index is 2030. The lowest BCUT2D eigenvalue weighted by molar-refractivity contribution is 0.421. The Morgan fingerprint density at radius 3 is 1.76 bits per heavy atom. The van der Waals surface area contributed by atoms with Gasteiger partial charge in [-0.25, -0.2) is 0 Å². The van der Waals surface area contributed by atoms with Crippen molar-refractivity contribution in [1.82, 2.24) is 5.43 Å². The molecule has 2 unspecified atom stereocenters. The molecule has 0 heterocycles. The average Bonchev–Trinajstić information content (AvgIpc) is 3.28. The van der Waals surface area contributed by atoms with Crippen molar-refractivity contribution < 1.29 is 0 Å². The first-order valence-corrected chi connectivity index (χ1v) is 21.4. The van der Waals surface area contributed by atoms with Gasteiger partial charge in [0.15, 0.2) is 0 Å². The molecule has 1 aliphatic rings. The van der Waals surface area contributed by atoms with Gasteiger partial charge < -0.3 is 0 Å². The van der Waals surface area contributed by atoms with E-state index in [2.05, 4.69) is 218 Å². The Morgan fingerprint density at radius 2 is 1.22 bits per heavy atom. The zero-order chi connectivity index (χ0) is 42.9. The molecule has 0 aliphatic heterocycles. The fraction of sp³-hybridized carbons (Fsp3) is 0.286. The summed E-state index contributed by atoms with van der Waals surface area (Å²) < 4.78 is 0. The summed E-state index contributed by atoms with van der Waals surface area (Å²) in [6, 6.07) is 38.8. The maximum atomic E-state index is 5.88. The van der Waals surface area contributed by atoms with E-state index in [4.69, 9.17) is 5.84 Å². The number of hydrogen-bond donors (Lipinski definition) is 2. The van der Waals surface area contributed by atoms with Crippen LogP contribution in [0.4, 0.5) is 0 Å². The highest BCUT2D eigenvalue weighted by atomic mass is 15.2. The zero-order valence-electron chi connectivity index (χ0n) is 37.5. The van der Waals surface area contributed by atoms with Crippen LogP contribution in [0.1, 0.15) is 134 Å². The van der Waals surface area contributed by atoms with Crippen LogP contribution in [0.2, 0.25) is 0 Å². The minimum Gasteiger partial charge on any atom is -0.271 e. The molecular weight excluding hydrogens is 701 g/mol. The average molecular weight is 773 g/mol. The van der Waals surface area contributed by atoms with Crippen LogP contribution in [0.5, 0.6) is 0 Å². The number of allylic oxidation sites excluding steroid dienone is 15. The van der Waals surface area contributed by atoms with Gasteiger partial charge in [0.2, 0.25) is 0 Å². The van der Waals surface area contributed by atoms with E-state index >= 15 is 0 Å². The molecule has 0 aromatic heterocycles. The first kappa shape index (κ1) is 48.9. The SMILES string of the molecule is C=C/C(=C\C(=C/C)c1cccc(C(=C/C)/C(=C\C=C(C)C)c2ccccc2)c1)c1cccc(C(NN)C(C)C)c1.CC.CC.CC(C1=CC=CCC1)c1ccccc1. The van der Waals surface area contributed by atoms with Crippen molar-refractivity contribution in [1.29, 1.82) is 0 Å². The summed E-state index contributed by atoms with van der Waals surface area (Å²) in [6.07, 6.45) is 22.0. The summed E-state index contributed by atoms with van der Waals surface area (Å²) in [6.45, 7) is 27.2. The quantitative estimate of drug-likeness (QED) is 0.0807. The molecule has 4 aromatic rings. The molecule has 2 nitrogen and oxygen atoms in total. The summed E-state index contributed by atoms with van der Waals surface area (Å²) >= 11 is 0. The molecule has 4 aromatic carbocycles. The Hall–Kier alpha value is -5.28. The maximum absolute atomic E-state index is 5.88. The first-order chi connectivity index (χ1) is 28.2. The fourth-order valence-electron chi connectivity index (χ4n) is 6.84. The molecule has 2 atom stereocenters. The van der Waals surface area contributed by atoms with Gasteiger partial charge in [0.1, 0.15) is 0 Å². The molecule has 0 bridgehead atoms. The largest absolute Gasteiger partial charge is 0.271 e. The van der Waals surface area contributed by atoms with Gasteiger partial charge in [0, 0.05) is 12.0 Å². The third-order valence-corrected chi connectivity index (χ3v) is 9.92. The number of hydrazine groups is 1. The molecule has 3 N–H and O–H groups in total. The predicted octanol–water partition coefficient (Wildman–Crippen LogP) is 16.1. The van der Waals surface area contributed by atoms with E-state index in [-0.39, 0.29) is 6.04 Å². The summed E-state index contributed by atoms with van der Waals surface area (Å²) in [5.74, 6) is 6.82. The smallest absolute Gasteiger partial charge is 0.0483 e. The van der Waals surface area contributed by atoms with E-state index in [1.165, 1.54) is 51.8 Å². The van der Waals surface area contributed by atoms with E-state index in [1.807, 2.05) is 33.8 Å². The molecule has 0 radical (unpaired) electrons. The Labute approximate surface area is 354 Å². The Morgan fingerprint density at radius 1 is 0.655 bits per heavy atom. The number of nitrogens with one attached hydrogen (secondary N) is 1. The highest BCUT2D eigenvalue weighted by molar-refractivity contribution is 6.05. The van der Waals surface area contributed by atoms with E-state index in [9.17, 15) is 0 Å². The minimum absolute atomic E-state index is 0.0846. The fourth-order valence-corrected chi connectivity index (χ4v) is 6.84. The summed E-state index contributed by atoms with van der Waals surface area (Å²) in [5, 5.41) is 0. The molecule has 0 saturated carbocycles. The number of nitrogens with two attached hydrogens (primary N) is 1. The lowest BCUT2D eigenvalue weighted by atomic mass is 9.88. The van der Waals surface area contributed by atoms with E-state index in [0.717, 1.165) is 22.3 Å². The lowest BCUT2D eigenvalue weighted by Crippen LogP contribution is -2.31. The lowest BCUT2D eigenvalue weighted by Gasteiger charge is -2.21. The molecule has 5 rings (SSSR count). The summed E-state index contributed by atoms with van der Waals surface area (Å²) in [5.41, 5.74) is 17.7. The second-order valence-corrected chi connectivity index (χ2v) is 14.4. The third-order valence-electron chi connectivity index (χ3n) is 9.92. The molecular formula is C56H72N2. The maximum Gasteiger partial charge on any atom is 0.0483 e. The van der Waals surface area contributed by atoms with Crippen LogP contribution in [-0.2, 0) is 0 Å². The van der Waals surface area contributed by atoms with Crippen molar-refractivity contribution in [3.05, 3.63) is 215 Å². The molecule has 0 fully saturated rings. The predicted molar refractivity (Wildman–Crippen MR) is 261 cm³/mol. The Kier molecular flexibility index (Phi) is 23.1. The molecule has 1 aliphatic carbocycles. The third kappa shape index (κ3) is 14.9. The minimum atomic E-state index is 0.0846. The summed E-state index contributed by atoms with van der Waals surface area (Å²) in [4.78, 5) is 0. The van der Waals surface area contributed by atoms with Gasteiger partial charge in [-0.15, -0.1) is 0 Å². The second-order valence-electron chi connectivity index (χ2n) is 14.4. The van der Waals surface area contributed by atoms with Crippen molar-refractivity contribution in [2.75, 3.05) is 0 Å². The van der Waals surface area contributed by atoms with Gasteiger partial charge in [0.05, 0.1) is 0 Å². The van der Waals surface area contributed by atoms with Gasteiger partial charge in [-0.1, -0.05) is 212 Å². The number of hydrogen-bond acceptors (Lipinski definition) is 2. The van der Waals surface area contributed by atoms with Crippen molar-refractivity contribution in [2.45, 2.75) is 101 Å². The van der Waals surface area contributed by atoms with Gasteiger partial charge >= 0.3 is 0 Å². The Balaban J connectivity index is 0.000000533.